The third-order valence-electron chi connectivity index (χ3n) is 2.68. The minimum absolute atomic E-state index is 0.0392. The number of rotatable bonds is 3. The maximum absolute atomic E-state index is 12.0. The Labute approximate surface area is 124 Å². The second-order valence-corrected chi connectivity index (χ2v) is 5.71. The van der Waals surface area contributed by atoms with Crippen molar-refractivity contribution in [2.24, 2.45) is 0 Å². The van der Waals surface area contributed by atoms with Gasteiger partial charge in [-0.1, -0.05) is 12.1 Å². The Bertz CT molecular complexity index is 627. The molecule has 0 radical (unpaired) electrons. The average molecular weight is 285 g/mol. The molecule has 0 bridgehead atoms. The van der Waals surface area contributed by atoms with Gasteiger partial charge in [0.2, 0.25) is 0 Å². The number of nitrogens with one attached hydrogen (secondary N) is 1. The average Bonchev–Trinajstić information content (AvgIpc) is 2.40. The maximum Gasteiger partial charge on any atom is 0.259 e. The topological polar surface area (TPSA) is 58.6 Å². The van der Waals surface area contributed by atoms with Crippen molar-refractivity contribution in [1.29, 1.82) is 0 Å². The number of amides is 1. The highest BCUT2D eigenvalue weighted by Gasteiger charge is 2.13. The molecule has 2 rings (SSSR count). The van der Waals surface area contributed by atoms with Crippen LogP contribution in [0.1, 0.15) is 31.1 Å². The van der Waals surface area contributed by atoms with Crippen molar-refractivity contribution >= 4 is 11.6 Å². The van der Waals surface area contributed by atoms with Gasteiger partial charge in [0.05, 0.1) is 5.56 Å². The van der Waals surface area contributed by atoms with Gasteiger partial charge in [0, 0.05) is 5.69 Å². The van der Waals surface area contributed by atoms with E-state index in [0.717, 1.165) is 5.75 Å². The highest BCUT2D eigenvalue weighted by molar-refractivity contribution is 6.06. The molecule has 0 aliphatic heterocycles. The number of carbonyl (C=O) groups excluding carboxylic acids is 1. The van der Waals surface area contributed by atoms with Gasteiger partial charge >= 0.3 is 0 Å². The standard InChI is InChI=1S/C17H19NO3/c1-17(2,3)21-13-10-8-12(9-11-13)18-16(20)14-6-4-5-7-15(14)19/h4-11,19H,1-3H3,(H,18,20). The van der Waals surface area contributed by atoms with Crippen LogP contribution in [-0.4, -0.2) is 16.6 Å². The number of benzene rings is 2. The van der Waals surface area contributed by atoms with Gasteiger partial charge in [-0.15, -0.1) is 0 Å². The summed E-state index contributed by atoms with van der Waals surface area (Å²) < 4.78 is 5.71. The van der Waals surface area contributed by atoms with Crippen LogP contribution >= 0.6 is 0 Å². The second kappa shape index (κ2) is 5.87. The van der Waals surface area contributed by atoms with E-state index in [1.165, 1.54) is 6.07 Å². The first-order chi connectivity index (χ1) is 9.85. The van der Waals surface area contributed by atoms with Gasteiger partial charge in [0.1, 0.15) is 17.1 Å². The van der Waals surface area contributed by atoms with E-state index in [1.807, 2.05) is 20.8 Å². The zero-order valence-electron chi connectivity index (χ0n) is 12.4. The lowest BCUT2D eigenvalue weighted by Crippen LogP contribution is -2.22. The van der Waals surface area contributed by atoms with E-state index in [4.69, 9.17) is 4.74 Å². The van der Waals surface area contributed by atoms with Crippen LogP contribution in [-0.2, 0) is 0 Å². The quantitative estimate of drug-likeness (QED) is 0.901. The molecule has 0 spiro atoms. The first-order valence-electron chi connectivity index (χ1n) is 6.73. The summed E-state index contributed by atoms with van der Waals surface area (Å²) in [5, 5.41) is 12.4. The van der Waals surface area contributed by atoms with Crippen molar-refractivity contribution in [3.63, 3.8) is 0 Å². The Hall–Kier alpha value is -2.49. The van der Waals surface area contributed by atoms with Crippen molar-refractivity contribution in [2.45, 2.75) is 26.4 Å². The van der Waals surface area contributed by atoms with E-state index in [1.54, 1.807) is 42.5 Å². The number of ether oxygens (including phenoxy) is 1. The third kappa shape index (κ3) is 4.24. The summed E-state index contributed by atoms with van der Waals surface area (Å²) in [5.41, 5.74) is 0.623. The molecule has 0 saturated heterocycles. The zero-order chi connectivity index (χ0) is 15.5. The molecule has 0 heterocycles. The van der Waals surface area contributed by atoms with Crippen LogP contribution in [0.15, 0.2) is 48.5 Å². The molecule has 0 aliphatic carbocycles. The Morgan fingerprint density at radius 2 is 1.67 bits per heavy atom. The molecule has 2 aromatic rings. The predicted octanol–water partition coefficient (Wildman–Crippen LogP) is 3.82. The minimum Gasteiger partial charge on any atom is -0.507 e. The Balaban J connectivity index is 2.07. The van der Waals surface area contributed by atoms with Gasteiger partial charge in [-0.2, -0.15) is 0 Å². The van der Waals surface area contributed by atoms with Crippen LogP contribution in [0.5, 0.6) is 11.5 Å². The molecular formula is C17H19NO3. The summed E-state index contributed by atoms with van der Waals surface area (Å²) in [7, 11) is 0. The number of para-hydroxylation sites is 1. The molecule has 110 valence electrons. The molecule has 1 amide bonds. The summed E-state index contributed by atoms with van der Waals surface area (Å²) in [6.07, 6.45) is 0. The fourth-order valence-electron chi connectivity index (χ4n) is 1.82. The number of carbonyl (C=O) groups is 1. The van der Waals surface area contributed by atoms with Crippen molar-refractivity contribution in [3.05, 3.63) is 54.1 Å². The summed E-state index contributed by atoms with van der Waals surface area (Å²) in [4.78, 5) is 12.0. The van der Waals surface area contributed by atoms with Crippen molar-refractivity contribution in [1.82, 2.24) is 0 Å². The molecule has 2 aromatic carbocycles. The van der Waals surface area contributed by atoms with E-state index >= 15 is 0 Å². The highest BCUT2D eigenvalue weighted by atomic mass is 16.5. The van der Waals surface area contributed by atoms with Crippen LogP contribution in [0, 0.1) is 0 Å². The number of phenolic OH excluding ortho intramolecular Hbond substituents is 1. The Morgan fingerprint density at radius 1 is 1.05 bits per heavy atom. The number of phenols is 1. The molecule has 0 unspecified atom stereocenters. The second-order valence-electron chi connectivity index (χ2n) is 5.71. The van der Waals surface area contributed by atoms with Crippen LogP contribution in [0.4, 0.5) is 5.69 Å². The van der Waals surface area contributed by atoms with Gasteiger partial charge in [-0.3, -0.25) is 4.79 Å². The van der Waals surface area contributed by atoms with Crippen LogP contribution < -0.4 is 10.1 Å². The van der Waals surface area contributed by atoms with Gasteiger partial charge in [0.15, 0.2) is 0 Å². The van der Waals surface area contributed by atoms with E-state index in [0.29, 0.717) is 5.69 Å². The van der Waals surface area contributed by atoms with Crippen molar-refractivity contribution in [2.75, 3.05) is 5.32 Å². The lowest BCUT2D eigenvalue weighted by atomic mass is 10.1. The maximum atomic E-state index is 12.0. The van der Waals surface area contributed by atoms with Crippen molar-refractivity contribution in [3.8, 4) is 11.5 Å². The number of aromatic hydroxyl groups is 1. The monoisotopic (exact) mass is 285 g/mol. The van der Waals surface area contributed by atoms with E-state index in [9.17, 15) is 9.90 Å². The lowest BCUT2D eigenvalue weighted by Gasteiger charge is -2.21. The van der Waals surface area contributed by atoms with Crippen molar-refractivity contribution < 1.29 is 14.6 Å². The number of hydrogen-bond acceptors (Lipinski definition) is 3. The summed E-state index contributed by atoms with van der Waals surface area (Å²) in [6, 6.07) is 13.5. The molecule has 0 aromatic heterocycles. The van der Waals surface area contributed by atoms with Crippen LogP contribution in [0.3, 0.4) is 0 Å². The molecule has 0 fully saturated rings. The smallest absolute Gasteiger partial charge is 0.259 e. The fourth-order valence-corrected chi connectivity index (χ4v) is 1.82. The molecule has 0 saturated carbocycles. The first kappa shape index (κ1) is 14.9. The van der Waals surface area contributed by atoms with E-state index < -0.39 is 0 Å². The molecule has 4 heteroatoms. The molecule has 4 nitrogen and oxygen atoms in total. The normalized spacial score (nSPS) is 11.0. The molecular weight excluding hydrogens is 266 g/mol. The number of anilines is 1. The predicted molar refractivity (Wildman–Crippen MR) is 82.9 cm³/mol. The van der Waals surface area contributed by atoms with Crippen LogP contribution in [0.2, 0.25) is 0 Å². The van der Waals surface area contributed by atoms with Gasteiger partial charge in [-0.05, 0) is 57.2 Å². The molecule has 0 atom stereocenters. The van der Waals surface area contributed by atoms with Gasteiger partial charge in [-0.25, -0.2) is 0 Å². The third-order valence-corrected chi connectivity index (χ3v) is 2.68. The molecule has 2 N–H and O–H groups in total. The molecule has 21 heavy (non-hydrogen) atoms. The zero-order valence-corrected chi connectivity index (χ0v) is 12.4. The first-order valence-corrected chi connectivity index (χ1v) is 6.73. The highest BCUT2D eigenvalue weighted by Crippen LogP contribution is 2.22. The largest absolute Gasteiger partial charge is 0.507 e. The molecule has 0 aliphatic rings. The fraction of sp³-hybridized carbons (Fsp3) is 0.235. The number of hydrogen-bond donors (Lipinski definition) is 2. The Morgan fingerprint density at radius 3 is 2.24 bits per heavy atom. The van der Waals surface area contributed by atoms with E-state index in [-0.39, 0.29) is 22.8 Å². The van der Waals surface area contributed by atoms with Crippen LogP contribution in [0.25, 0.3) is 0 Å². The van der Waals surface area contributed by atoms with Gasteiger partial charge in [0.25, 0.3) is 5.91 Å². The summed E-state index contributed by atoms with van der Waals surface area (Å²) in [6.45, 7) is 5.92. The SMILES string of the molecule is CC(C)(C)Oc1ccc(NC(=O)c2ccccc2O)cc1. The minimum atomic E-state index is -0.349. The lowest BCUT2D eigenvalue weighted by molar-refractivity contribution is 0.102. The van der Waals surface area contributed by atoms with E-state index in [2.05, 4.69) is 5.32 Å². The van der Waals surface area contributed by atoms with Gasteiger partial charge < -0.3 is 15.2 Å². The summed E-state index contributed by atoms with van der Waals surface area (Å²) in [5.74, 6) is 0.350. The summed E-state index contributed by atoms with van der Waals surface area (Å²) >= 11 is 0. The Kier molecular flexibility index (Phi) is 4.17.